The maximum atomic E-state index is 10.9. The van der Waals surface area contributed by atoms with E-state index in [2.05, 4.69) is 25.4 Å². The first kappa shape index (κ1) is 18.4. The third-order valence-electron chi connectivity index (χ3n) is 2.73. The monoisotopic (exact) mass is 330 g/mol. The Hall–Kier alpha value is -1.61. The molecule has 0 bridgehead atoms. The van der Waals surface area contributed by atoms with Crippen molar-refractivity contribution in [1.29, 1.82) is 0 Å². The predicted molar refractivity (Wildman–Crippen MR) is 88.3 cm³/mol. The molecule has 0 amide bonds. The van der Waals surface area contributed by atoms with Crippen LogP contribution >= 0.6 is 0 Å². The van der Waals surface area contributed by atoms with Gasteiger partial charge in [0.1, 0.15) is 0 Å². The van der Waals surface area contributed by atoms with Gasteiger partial charge in [0, 0.05) is 45.1 Å². The fourth-order valence-corrected chi connectivity index (χ4v) is 2.27. The fraction of sp³-hybridized carbons (Fsp3) is 0.692. The number of nitrogens with zero attached hydrogens (tertiary/aromatic N) is 3. The second kappa shape index (κ2) is 10.2. The van der Waals surface area contributed by atoms with Crippen molar-refractivity contribution in [2.24, 2.45) is 4.99 Å². The lowest BCUT2D eigenvalue weighted by atomic mass is 10.4. The summed E-state index contributed by atoms with van der Waals surface area (Å²) in [6, 6.07) is 1.90. The highest BCUT2D eigenvalue weighted by Gasteiger charge is 2.00. The van der Waals surface area contributed by atoms with Crippen molar-refractivity contribution in [2.45, 2.75) is 26.3 Å². The second-order valence-electron chi connectivity index (χ2n) is 4.83. The van der Waals surface area contributed by atoms with E-state index in [1.807, 2.05) is 23.9 Å². The Balaban J connectivity index is 2.20. The Bertz CT molecular complexity index is 527. The third-order valence-corrected chi connectivity index (χ3v) is 3.46. The van der Waals surface area contributed by atoms with Crippen LogP contribution in [0.4, 0.5) is 0 Å². The maximum absolute atomic E-state index is 10.9. The molecule has 1 aromatic rings. The van der Waals surface area contributed by atoms with E-state index in [4.69, 9.17) is 0 Å². The molecule has 22 heavy (non-hydrogen) atoms. The molecule has 0 unspecified atom stereocenters. The zero-order chi connectivity index (χ0) is 16.3. The SMILES string of the molecule is CCNC(=NCCCn1cccn1)NCCCNS(C)(=O)=O. The smallest absolute Gasteiger partial charge is 0.208 e. The van der Waals surface area contributed by atoms with E-state index in [0.717, 1.165) is 31.7 Å². The molecule has 3 N–H and O–H groups in total. The average molecular weight is 330 g/mol. The quantitative estimate of drug-likeness (QED) is 0.312. The van der Waals surface area contributed by atoms with Crippen LogP contribution in [0.15, 0.2) is 23.5 Å². The Kier molecular flexibility index (Phi) is 8.53. The van der Waals surface area contributed by atoms with Crippen LogP contribution in [0.2, 0.25) is 0 Å². The van der Waals surface area contributed by atoms with Crippen LogP contribution in [0.25, 0.3) is 0 Å². The van der Waals surface area contributed by atoms with Crippen molar-refractivity contribution in [3.8, 4) is 0 Å². The number of aromatic nitrogens is 2. The summed E-state index contributed by atoms with van der Waals surface area (Å²) in [5, 5.41) is 10.5. The van der Waals surface area contributed by atoms with Crippen molar-refractivity contribution in [3.63, 3.8) is 0 Å². The molecule has 0 saturated heterocycles. The summed E-state index contributed by atoms with van der Waals surface area (Å²) in [6.45, 7) is 5.42. The van der Waals surface area contributed by atoms with Gasteiger partial charge in [-0.05, 0) is 25.8 Å². The van der Waals surface area contributed by atoms with Gasteiger partial charge in [-0.2, -0.15) is 5.10 Å². The van der Waals surface area contributed by atoms with Crippen molar-refractivity contribution in [2.75, 3.05) is 32.4 Å². The van der Waals surface area contributed by atoms with Crippen LogP contribution < -0.4 is 15.4 Å². The summed E-state index contributed by atoms with van der Waals surface area (Å²) in [5.41, 5.74) is 0. The van der Waals surface area contributed by atoms with E-state index in [1.165, 1.54) is 0 Å². The van der Waals surface area contributed by atoms with Gasteiger partial charge in [-0.1, -0.05) is 0 Å². The Morgan fingerprint density at radius 3 is 2.73 bits per heavy atom. The van der Waals surface area contributed by atoms with Crippen molar-refractivity contribution >= 4 is 16.0 Å². The van der Waals surface area contributed by atoms with E-state index in [0.29, 0.717) is 26.1 Å². The molecule has 1 heterocycles. The van der Waals surface area contributed by atoms with Gasteiger partial charge < -0.3 is 10.6 Å². The summed E-state index contributed by atoms with van der Waals surface area (Å²) in [7, 11) is -3.11. The zero-order valence-corrected chi connectivity index (χ0v) is 14.1. The second-order valence-corrected chi connectivity index (χ2v) is 6.66. The summed E-state index contributed by atoms with van der Waals surface area (Å²) in [6.07, 6.45) is 6.46. The van der Waals surface area contributed by atoms with E-state index in [-0.39, 0.29) is 0 Å². The molecule has 1 rings (SSSR count). The van der Waals surface area contributed by atoms with Crippen LogP contribution in [-0.4, -0.2) is 56.6 Å². The highest BCUT2D eigenvalue weighted by atomic mass is 32.2. The standard InChI is InChI=1S/C13H26N6O2S/c1-3-14-13(15-7-4-10-18-22(2,20)21)16-8-5-11-19-12-6-9-17-19/h6,9,12,18H,3-5,7-8,10-11H2,1-2H3,(H2,14,15,16). The number of aliphatic imine (C=N–C) groups is 1. The highest BCUT2D eigenvalue weighted by molar-refractivity contribution is 7.88. The van der Waals surface area contributed by atoms with Crippen LogP contribution in [0, 0.1) is 0 Å². The van der Waals surface area contributed by atoms with E-state index < -0.39 is 10.0 Å². The van der Waals surface area contributed by atoms with Crippen molar-refractivity contribution in [3.05, 3.63) is 18.5 Å². The molecule has 0 aliphatic heterocycles. The Morgan fingerprint density at radius 1 is 1.27 bits per heavy atom. The number of guanidine groups is 1. The minimum Gasteiger partial charge on any atom is -0.357 e. The minimum absolute atomic E-state index is 0.421. The summed E-state index contributed by atoms with van der Waals surface area (Å²) in [4.78, 5) is 4.47. The summed E-state index contributed by atoms with van der Waals surface area (Å²) < 4.78 is 26.2. The van der Waals surface area contributed by atoms with Gasteiger partial charge in [0.15, 0.2) is 5.96 Å². The van der Waals surface area contributed by atoms with Gasteiger partial charge in [-0.15, -0.1) is 0 Å². The van der Waals surface area contributed by atoms with Gasteiger partial charge in [-0.25, -0.2) is 13.1 Å². The van der Waals surface area contributed by atoms with Gasteiger partial charge in [-0.3, -0.25) is 9.67 Å². The number of rotatable bonds is 10. The molecule has 8 nitrogen and oxygen atoms in total. The molecule has 0 spiro atoms. The molecule has 0 fully saturated rings. The maximum Gasteiger partial charge on any atom is 0.208 e. The predicted octanol–water partition coefficient (Wildman–Crippen LogP) is -0.232. The van der Waals surface area contributed by atoms with Gasteiger partial charge in [0.2, 0.25) is 10.0 Å². The van der Waals surface area contributed by atoms with Gasteiger partial charge >= 0.3 is 0 Å². The molecular weight excluding hydrogens is 304 g/mol. The number of hydrogen-bond donors (Lipinski definition) is 3. The van der Waals surface area contributed by atoms with Crippen LogP contribution in [0.5, 0.6) is 0 Å². The lowest BCUT2D eigenvalue weighted by Crippen LogP contribution is -2.38. The van der Waals surface area contributed by atoms with Crippen molar-refractivity contribution in [1.82, 2.24) is 25.1 Å². The fourth-order valence-electron chi connectivity index (χ4n) is 1.75. The molecule has 0 aromatic carbocycles. The molecule has 126 valence electrons. The lowest BCUT2D eigenvalue weighted by molar-refractivity contribution is 0.581. The first-order valence-electron chi connectivity index (χ1n) is 7.45. The lowest BCUT2D eigenvalue weighted by Gasteiger charge is -2.11. The van der Waals surface area contributed by atoms with Gasteiger partial charge in [0.05, 0.1) is 6.26 Å². The van der Waals surface area contributed by atoms with Crippen LogP contribution in [-0.2, 0) is 16.6 Å². The van der Waals surface area contributed by atoms with Gasteiger partial charge in [0.25, 0.3) is 0 Å². The molecule has 0 radical (unpaired) electrons. The first-order chi connectivity index (χ1) is 10.5. The molecule has 0 atom stereocenters. The number of aryl methyl sites for hydroxylation is 1. The van der Waals surface area contributed by atoms with E-state index in [9.17, 15) is 8.42 Å². The summed E-state index contributed by atoms with van der Waals surface area (Å²) in [5.74, 6) is 0.752. The first-order valence-corrected chi connectivity index (χ1v) is 9.34. The van der Waals surface area contributed by atoms with Crippen LogP contribution in [0.3, 0.4) is 0 Å². The zero-order valence-electron chi connectivity index (χ0n) is 13.2. The highest BCUT2D eigenvalue weighted by Crippen LogP contribution is 1.90. The Morgan fingerprint density at radius 2 is 2.09 bits per heavy atom. The van der Waals surface area contributed by atoms with E-state index >= 15 is 0 Å². The molecule has 1 aromatic heterocycles. The number of nitrogens with one attached hydrogen (secondary N) is 3. The molecule has 0 saturated carbocycles. The number of sulfonamides is 1. The van der Waals surface area contributed by atoms with Crippen LogP contribution in [0.1, 0.15) is 19.8 Å². The summed E-state index contributed by atoms with van der Waals surface area (Å²) >= 11 is 0. The normalized spacial score (nSPS) is 12.4. The van der Waals surface area contributed by atoms with Crippen molar-refractivity contribution < 1.29 is 8.42 Å². The molecular formula is C13H26N6O2S. The minimum atomic E-state index is -3.11. The average Bonchev–Trinajstić information content (AvgIpc) is 2.95. The number of hydrogen-bond acceptors (Lipinski definition) is 4. The third kappa shape index (κ3) is 9.35. The molecule has 0 aliphatic rings. The van der Waals surface area contributed by atoms with E-state index in [1.54, 1.807) is 6.20 Å². The molecule has 0 aliphatic carbocycles. The largest absolute Gasteiger partial charge is 0.357 e. The topological polar surface area (TPSA) is 100 Å². The Labute approximate surface area is 132 Å². The molecule has 9 heteroatoms.